The zero-order valence-electron chi connectivity index (χ0n) is 8.29. The van der Waals surface area contributed by atoms with Gasteiger partial charge in [0.1, 0.15) is 6.17 Å². The molecule has 0 spiro atoms. The SMILES string of the molecule is O=C(CBr)NC1NCCc2ccccc21. The van der Waals surface area contributed by atoms with Gasteiger partial charge in [-0.15, -0.1) is 0 Å². The van der Waals surface area contributed by atoms with Gasteiger partial charge in [-0.05, 0) is 17.5 Å². The van der Waals surface area contributed by atoms with E-state index in [0.29, 0.717) is 5.33 Å². The van der Waals surface area contributed by atoms with Gasteiger partial charge >= 0.3 is 0 Å². The van der Waals surface area contributed by atoms with Crippen molar-refractivity contribution in [1.29, 1.82) is 0 Å². The number of hydrogen-bond acceptors (Lipinski definition) is 2. The van der Waals surface area contributed by atoms with E-state index in [0.717, 1.165) is 13.0 Å². The van der Waals surface area contributed by atoms with Crippen LogP contribution in [0.25, 0.3) is 0 Å². The van der Waals surface area contributed by atoms with Crippen LogP contribution in [0.1, 0.15) is 17.3 Å². The molecule has 0 radical (unpaired) electrons. The number of nitrogens with one attached hydrogen (secondary N) is 2. The Hall–Kier alpha value is -0.870. The zero-order valence-corrected chi connectivity index (χ0v) is 9.88. The van der Waals surface area contributed by atoms with E-state index in [4.69, 9.17) is 0 Å². The number of benzene rings is 1. The Bertz CT molecular complexity index is 367. The smallest absolute Gasteiger partial charge is 0.232 e. The van der Waals surface area contributed by atoms with Crippen molar-refractivity contribution >= 4 is 21.8 Å². The van der Waals surface area contributed by atoms with Crippen molar-refractivity contribution in [2.75, 3.05) is 11.9 Å². The quantitative estimate of drug-likeness (QED) is 0.795. The molecule has 15 heavy (non-hydrogen) atoms. The molecule has 2 rings (SSSR count). The monoisotopic (exact) mass is 268 g/mol. The molecule has 3 nitrogen and oxygen atoms in total. The summed E-state index contributed by atoms with van der Waals surface area (Å²) in [5.74, 6) is 0.00389. The fraction of sp³-hybridized carbons (Fsp3) is 0.364. The molecule has 1 amide bonds. The molecule has 0 aromatic heterocycles. The highest BCUT2D eigenvalue weighted by Gasteiger charge is 2.19. The van der Waals surface area contributed by atoms with Gasteiger partial charge in [0.2, 0.25) is 5.91 Å². The fourth-order valence-electron chi connectivity index (χ4n) is 1.83. The Morgan fingerprint density at radius 1 is 1.53 bits per heavy atom. The van der Waals surface area contributed by atoms with Crippen molar-refractivity contribution in [3.05, 3.63) is 35.4 Å². The summed E-state index contributed by atoms with van der Waals surface area (Å²) in [7, 11) is 0. The van der Waals surface area contributed by atoms with Crippen LogP contribution < -0.4 is 10.6 Å². The molecule has 1 aliphatic rings. The minimum atomic E-state index is -0.0417. The van der Waals surface area contributed by atoms with E-state index in [1.165, 1.54) is 11.1 Å². The topological polar surface area (TPSA) is 41.1 Å². The minimum absolute atomic E-state index is 0.00389. The Kier molecular flexibility index (Phi) is 3.38. The van der Waals surface area contributed by atoms with Crippen molar-refractivity contribution in [2.45, 2.75) is 12.6 Å². The summed E-state index contributed by atoms with van der Waals surface area (Å²) in [5, 5.41) is 6.56. The highest BCUT2D eigenvalue weighted by atomic mass is 79.9. The number of amides is 1. The van der Waals surface area contributed by atoms with Crippen molar-refractivity contribution < 1.29 is 4.79 Å². The Morgan fingerprint density at radius 3 is 3.13 bits per heavy atom. The maximum Gasteiger partial charge on any atom is 0.232 e. The molecule has 4 heteroatoms. The highest BCUT2D eigenvalue weighted by molar-refractivity contribution is 9.09. The molecule has 1 heterocycles. The van der Waals surface area contributed by atoms with Crippen LogP contribution in [-0.2, 0) is 11.2 Å². The first kappa shape index (κ1) is 10.6. The van der Waals surface area contributed by atoms with Gasteiger partial charge in [0.15, 0.2) is 0 Å². The maximum absolute atomic E-state index is 11.3. The van der Waals surface area contributed by atoms with Crippen LogP contribution in [0.3, 0.4) is 0 Å². The van der Waals surface area contributed by atoms with Gasteiger partial charge in [-0.2, -0.15) is 0 Å². The standard InChI is InChI=1S/C11H13BrN2O/c12-7-10(15)14-11-9-4-2-1-3-8(9)5-6-13-11/h1-4,11,13H,5-7H2,(H,14,15). The van der Waals surface area contributed by atoms with Crippen LogP contribution in [-0.4, -0.2) is 17.8 Å². The molecule has 0 bridgehead atoms. The van der Waals surface area contributed by atoms with Gasteiger partial charge in [-0.25, -0.2) is 0 Å². The summed E-state index contributed by atoms with van der Waals surface area (Å²) in [6, 6.07) is 8.21. The van der Waals surface area contributed by atoms with E-state index in [1.807, 2.05) is 12.1 Å². The Morgan fingerprint density at radius 2 is 2.33 bits per heavy atom. The summed E-state index contributed by atoms with van der Waals surface area (Å²) in [6.07, 6.45) is 0.983. The third-order valence-corrected chi connectivity index (χ3v) is 3.04. The van der Waals surface area contributed by atoms with E-state index in [9.17, 15) is 4.79 Å². The molecule has 0 fully saturated rings. The number of fused-ring (bicyclic) bond motifs is 1. The second-order valence-corrected chi connectivity index (χ2v) is 4.10. The van der Waals surface area contributed by atoms with E-state index >= 15 is 0 Å². The Labute approximate surface area is 97.4 Å². The van der Waals surface area contributed by atoms with Crippen LogP contribution in [0, 0.1) is 0 Å². The van der Waals surface area contributed by atoms with E-state index in [-0.39, 0.29) is 12.1 Å². The number of carbonyl (C=O) groups is 1. The summed E-state index contributed by atoms with van der Waals surface area (Å²) in [6.45, 7) is 0.907. The van der Waals surface area contributed by atoms with Crippen LogP contribution >= 0.6 is 15.9 Å². The molecule has 2 N–H and O–H groups in total. The van der Waals surface area contributed by atoms with E-state index in [2.05, 4.69) is 38.7 Å². The van der Waals surface area contributed by atoms with Gasteiger partial charge in [-0.1, -0.05) is 40.2 Å². The van der Waals surface area contributed by atoms with Crippen LogP contribution in [0.5, 0.6) is 0 Å². The van der Waals surface area contributed by atoms with Gasteiger partial charge in [0, 0.05) is 6.54 Å². The van der Waals surface area contributed by atoms with E-state index in [1.54, 1.807) is 0 Å². The average Bonchev–Trinajstić information content (AvgIpc) is 2.29. The first-order valence-corrected chi connectivity index (χ1v) is 6.10. The third kappa shape index (κ3) is 2.38. The van der Waals surface area contributed by atoms with E-state index < -0.39 is 0 Å². The number of carbonyl (C=O) groups excluding carboxylic acids is 1. The van der Waals surface area contributed by atoms with Crippen molar-refractivity contribution in [2.24, 2.45) is 0 Å². The molecular weight excluding hydrogens is 256 g/mol. The van der Waals surface area contributed by atoms with Gasteiger partial charge in [0.25, 0.3) is 0 Å². The van der Waals surface area contributed by atoms with Crippen molar-refractivity contribution in [3.63, 3.8) is 0 Å². The second-order valence-electron chi connectivity index (χ2n) is 3.54. The average molecular weight is 269 g/mol. The largest absolute Gasteiger partial charge is 0.336 e. The normalized spacial score (nSPS) is 19.4. The van der Waals surface area contributed by atoms with Crippen LogP contribution in [0.15, 0.2) is 24.3 Å². The molecule has 1 aromatic carbocycles. The molecule has 80 valence electrons. The first-order valence-electron chi connectivity index (χ1n) is 4.98. The molecule has 0 aliphatic carbocycles. The lowest BCUT2D eigenvalue weighted by Gasteiger charge is -2.27. The minimum Gasteiger partial charge on any atom is -0.336 e. The predicted molar refractivity (Wildman–Crippen MR) is 62.8 cm³/mol. The molecule has 1 aliphatic heterocycles. The van der Waals surface area contributed by atoms with Gasteiger partial charge < -0.3 is 5.32 Å². The molecule has 1 unspecified atom stereocenters. The number of hydrogen-bond donors (Lipinski definition) is 2. The summed E-state index contributed by atoms with van der Waals surface area (Å²) in [5.41, 5.74) is 2.49. The Balaban J connectivity index is 2.18. The number of halogens is 1. The molecule has 1 atom stereocenters. The highest BCUT2D eigenvalue weighted by Crippen LogP contribution is 2.20. The van der Waals surface area contributed by atoms with Crippen LogP contribution in [0.2, 0.25) is 0 Å². The lowest BCUT2D eigenvalue weighted by Crippen LogP contribution is -2.42. The number of rotatable bonds is 2. The first-order chi connectivity index (χ1) is 7.31. The van der Waals surface area contributed by atoms with Gasteiger partial charge in [-0.3, -0.25) is 10.1 Å². The maximum atomic E-state index is 11.3. The van der Waals surface area contributed by atoms with Crippen LogP contribution in [0.4, 0.5) is 0 Å². The van der Waals surface area contributed by atoms with Crippen molar-refractivity contribution in [3.8, 4) is 0 Å². The second kappa shape index (κ2) is 4.77. The summed E-state index contributed by atoms with van der Waals surface area (Å²) >= 11 is 3.14. The summed E-state index contributed by atoms with van der Waals surface area (Å²) < 4.78 is 0. The molecule has 1 aromatic rings. The molecular formula is C11H13BrN2O. The number of alkyl halides is 1. The third-order valence-electron chi connectivity index (χ3n) is 2.54. The lowest BCUT2D eigenvalue weighted by molar-refractivity contribution is -0.119. The predicted octanol–water partition coefficient (Wildman–Crippen LogP) is 1.34. The molecule has 0 saturated carbocycles. The summed E-state index contributed by atoms with van der Waals surface area (Å²) in [4.78, 5) is 11.3. The van der Waals surface area contributed by atoms with Gasteiger partial charge in [0.05, 0.1) is 5.33 Å². The fourth-order valence-corrected chi connectivity index (χ4v) is 1.99. The molecule has 0 saturated heterocycles. The zero-order chi connectivity index (χ0) is 10.7. The lowest BCUT2D eigenvalue weighted by atomic mass is 9.98. The van der Waals surface area contributed by atoms with Crippen molar-refractivity contribution in [1.82, 2.24) is 10.6 Å².